The fourth-order valence-electron chi connectivity index (χ4n) is 3.03. The largest absolute Gasteiger partial charge is 0.507 e. The lowest BCUT2D eigenvalue weighted by Crippen LogP contribution is -2.21. The number of amides is 1. The Labute approximate surface area is 162 Å². The maximum absolute atomic E-state index is 12.4. The van der Waals surface area contributed by atoms with Crippen molar-refractivity contribution in [1.82, 2.24) is 5.32 Å². The number of aliphatic hydroxyl groups excluding tert-OH is 1. The molecule has 1 atom stereocenters. The zero-order valence-electron chi connectivity index (χ0n) is 15.6. The number of aliphatic hydroxyl groups is 1. The van der Waals surface area contributed by atoms with Crippen LogP contribution in [0.5, 0.6) is 17.2 Å². The van der Waals surface area contributed by atoms with Crippen molar-refractivity contribution in [2.75, 3.05) is 13.2 Å². The fourth-order valence-corrected chi connectivity index (χ4v) is 3.03. The fraction of sp³-hybridized carbons (Fsp3) is 0.238. The summed E-state index contributed by atoms with van der Waals surface area (Å²) in [6, 6.07) is 10.2. The highest BCUT2D eigenvalue weighted by atomic mass is 16.5. The number of aromatic hydroxyl groups is 1. The van der Waals surface area contributed by atoms with Gasteiger partial charge in [0.1, 0.15) is 11.5 Å². The van der Waals surface area contributed by atoms with Gasteiger partial charge in [-0.25, -0.2) is 0 Å². The highest BCUT2D eigenvalue weighted by Crippen LogP contribution is 2.37. The van der Waals surface area contributed by atoms with E-state index < -0.39 is 17.7 Å². The van der Waals surface area contributed by atoms with Gasteiger partial charge >= 0.3 is 0 Å². The number of benzene rings is 2. The Hall–Kier alpha value is -3.48. The Kier molecular flexibility index (Phi) is 5.54. The van der Waals surface area contributed by atoms with Crippen molar-refractivity contribution in [2.45, 2.75) is 19.9 Å². The normalized spacial score (nSPS) is 18.0. The van der Waals surface area contributed by atoms with E-state index in [2.05, 4.69) is 5.32 Å². The second kappa shape index (κ2) is 8.04. The molecule has 0 radical (unpaired) electrons. The predicted octanol–water partition coefficient (Wildman–Crippen LogP) is 2.90. The van der Waals surface area contributed by atoms with Crippen molar-refractivity contribution in [3.8, 4) is 17.2 Å². The molecule has 0 bridgehead atoms. The van der Waals surface area contributed by atoms with E-state index in [1.165, 1.54) is 12.1 Å². The highest BCUT2D eigenvalue weighted by Gasteiger charge is 2.39. The summed E-state index contributed by atoms with van der Waals surface area (Å²) < 4.78 is 10.7. The molecule has 1 heterocycles. The Morgan fingerprint density at radius 1 is 1.04 bits per heavy atom. The molecule has 1 amide bonds. The lowest BCUT2D eigenvalue weighted by Gasteiger charge is -2.16. The van der Waals surface area contributed by atoms with Crippen LogP contribution in [0, 0.1) is 0 Å². The number of ketones is 1. The number of phenolic OH excluding ortho intramolecular Hbond substituents is 1. The summed E-state index contributed by atoms with van der Waals surface area (Å²) >= 11 is 0. The standard InChI is InChI=1S/C21H21NO6/c1-3-27-14-8-5-12(6-9-14)19(24)17-18(22-21(26)20(17)25)13-7-10-15(23)16(11-13)28-4-2/h5-11,18,23-24H,3-4H2,1-2H3,(H,22,26)/b19-17+. The molecule has 7 nitrogen and oxygen atoms in total. The van der Waals surface area contributed by atoms with E-state index in [0.717, 1.165) is 0 Å². The number of rotatable bonds is 6. The molecule has 3 rings (SSSR count). The van der Waals surface area contributed by atoms with Gasteiger partial charge < -0.3 is 25.0 Å². The molecule has 146 valence electrons. The van der Waals surface area contributed by atoms with Crippen molar-refractivity contribution in [2.24, 2.45) is 0 Å². The van der Waals surface area contributed by atoms with Gasteiger partial charge in [-0.05, 0) is 55.8 Å². The molecule has 0 aliphatic carbocycles. The molecule has 2 aromatic carbocycles. The molecule has 7 heteroatoms. The van der Waals surface area contributed by atoms with Gasteiger partial charge in [-0.15, -0.1) is 0 Å². The number of hydrogen-bond acceptors (Lipinski definition) is 6. The zero-order valence-corrected chi connectivity index (χ0v) is 15.6. The van der Waals surface area contributed by atoms with Gasteiger partial charge in [-0.3, -0.25) is 9.59 Å². The first kappa shape index (κ1) is 19.3. The molecular weight excluding hydrogens is 362 g/mol. The second-order valence-electron chi connectivity index (χ2n) is 6.12. The number of nitrogens with one attached hydrogen (secondary N) is 1. The van der Waals surface area contributed by atoms with E-state index >= 15 is 0 Å². The first-order valence-corrected chi connectivity index (χ1v) is 8.93. The van der Waals surface area contributed by atoms with Crippen LogP contribution in [-0.4, -0.2) is 35.1 Å². The summed E-state index contributed by atoms with van der Waals surface area (Å²) in [6.07, 6.45) is 0. The van der Waals surface area contributed by atoms with Crippen molar-refractivity contribution in [3.05, 3.63) is 59.2 Å². The number of carbonyl (C=O) groups is 2. The molecule has 1 aliphatic rings. The van der Waals surface area contributed by atoms with Crippen LogP contribution in [0.25, 0.3) is 5.76 Å². The van der Waals surface area contributed by atoms with Crippen LogP contribution >= 0.6 is 0 Å². The maximum atomic E-state index is 12.4. The van der Waals surface area contributed by atoms with E-state index in [4.69, 9.17) is 9.47 Å². The molecular formula is C21H21NO6. The first-order valence-electron chi connectivity index (χ1n) is 8.93. The number of Topliss-reactive ketones (excluding diaryl/α,β-unsaturated/α-hetero) is 1. The number of phenols is 1. The Morgan fingerprint density at radius 3 is 2.36 bits per heavy atom. The van der Waals surface area contributed by atoms with Gasteiger partial charge in [0.05, 0.1) is 24.8 Å². The van der Waals surface area contributed by atoms with Crippen molar-refractivity contribution < 1.29 is 29.3 Å². The maximum Gasteiger partial charge on any atom is 0.293 e. The summed E-state index contributed by atoms with van der Waals surface area (Å²) in [6.45, 7) is 4.48. The average Bonchev–Trinajstić information content (AvgIpc) is 2.99. The van der Waals surface area contributed by atoms with Gasteiger partial charge in [0, 0.05) is 5.56 Å². The number of ether oxygens (including phenoxy) is 2. The SMILES string of the molecule is CCOc1ccc(/C(O)=C2\C(=O)C(=O)NC2c2ccc(O)c(OCC)c2)cc1. The minimum absolute atomic E-state index is 0.0532. The summed E-state index contributed by atoms with van der Waals surface area (Å²) in [5.74, 6) is -1.09. The minimum atomic E-state index is -0.855. The topological polar surface area (TPSA) is 105 Å². The van der Waals surface area contributed by atoms with Crippen LogP contribution in [0.2, 0.25) is 0 Å². The quantitative estimate of drug-likeness (QED) is 0.402. The lowest BCUT2D eigenvalue weighted by atomic mass is 9.95. The summed E-state index contributed by atoms with van der Waals surface area (Å²) in [5.41, 5.74) is 0.840. The smallest absolute Gasteiger partial charge is 0.293 e. The first-order chi connectivity index (χ1) is 13.5. The highest BCUT2D eigenvalue weighted by molar-refractivity contribution is 6.46. The van der Waals surface area contributed by atoms with Crippen LogP contribution in [0.15, 0.2) is 48.0 Å². The molecule has 28 heavy (non-hydrogen) atoms. The van der Waals surface area contributed by atoms with Crippen molar-refractivity contribution in [1.29, 1.82) is 0 Å². The molecule has 1 saturated heterocycles. The number of hydrogen-bond donors (Lipinski definition) is 3. The molecule has 1 fully saturated rings. The molecule has 1 unspecified atom stereocenters. The Balaban J connectivity index is 2.04. The molecule has 2 aromatic rings. The van der Waals surface area contributed by atoms with E-state index in [-0.39, 0.29) is 22.8 Å². The van der Waals surface area contributed by atoms with Crippen LogP contribution < -0.4 is 14.8 Å². The van der Waals surface area contributed by atoms with Gasteiger partial charge in [0.2, 0.25) is 0 Å². The molecule has 3 N–H and O–H groups in total. The summed E-state index contributed by atoms with van der Waals surface area (Å²) in [5, 5.41) is 23.2. The van der Waals surface area contributed by atoms with E-state index in [9.17, 15) is 19.8 Å². The van der Waals surface area contributed by atoms with E-state index in [0.29, 0.717) is 30.1 Å². The third-order valence-electron chi connectivity index (χ3n) is 4.33. The summed E-state index contributed by atoms with van der Waals surface area (Å²) in [4.78, 5) is 24.4. The van der Waals surface area contributed by atoms with Crippen LogP contribution in [0.1, 0.15) is 31.0 Å². The predicted molar refractivity (Wildman–Crippen MR) is 102 cm³/mol. The van der Waals surface area contributed by atoms with Crippen molar-refractivity contribution >= 4 is 17.4 Å². The van der Waals surface area contributed by atoms with Crippen LogP contribution in [0.3, 0.4) is 0 Å². The second-order valence-corrected chi connectivity index (χ2v) is 6.12. The van der Waals surface area contributed by atoms with Gasteiger partial charge in [-0.2, -0.15) is 0 Å². The van der Waals surface area contributed by atoms with Gasteiger partial charge in [-0.1, -0.05) is 6.07 Å². The van der Waals surface area contributed by atoms with E-state index in [1.807, 2.05) is 6.92 Å². The van der Waals surface area contributed by atoms with Crippen LogP contribution in [0.4, 0.5) is 0 Å². The Morgan fingerprint density at radius 2 is 1.71 bits per heavy atom. The molecule has 0 aromatic heterocycles. The molecule has 0 saturated carbocycles. The monoisotopic (exact) mass is 383 g/mol. The lowest BCUT2D eigenvalue weighted by molar-refractivity contribution is -0.133. The van der Waals surface area contributed by atoms with E-state index in [1.54, 1.807) is 37.3 Å². The molecule has 1 aliphatic heterocycles. The third kappa shape index (κ3) is 3.64. The zero-order chi connectivity index (χ0) is 20.3. The molecule has 0 spiro atoms. The minimum Gasteiger partial charge on any atom is -0.507 e. The average molecular weight is 383 g/mol. The summed E-state index contributed by atoms with van der Waals surface area (Å²) in [7, 11) is 0. The Bertz CT molecular complexity index is 932. The van der Waals surface area contributed by atoms with Gasteiger partial charge in [0.15, 0.2) is 11.5 Å². The number of carbonyl (C=O) groups excluding carboxylic acids is 2. The van der Waals surface area contributed by atoms with Gasteiger partial charge in [0.25, 0.3) is 11.7 Å². The van der Waals surface area contributed by atoms with Crippen molar-refractivity contribution in [3.63, 3.8) is 0 Å². The third-order valence-corrected chi connectivity index (χ3v) is 4.33. The van der Waals surface area contributed by atoms with Crippen LogP contribution in [-0.2, 0) is 9.59 Å².